The van der Waals surface area contributed by atoms with E-state index in [-0.39, 0.29) is 0 Å². The van der Waals surface area contributed by atoms with Crippen LogP contribution in [0.3, 0.4) is 0 Å². The van der Waals surface area contributed by atoms with Crippen molar-refractivity contribution >= 4 is 17.8 Å². The van der Waals surface area contributed by atoms with Crippen molar-refractivity contribution in [2.45, 2.75) is 32.4 Å². The summed E-state index contributed by atoms with van der Waals surface area (Å²) in [6.45, 7) is 4.38. The van der Waals surface area contributed by atoms with Crippen LogP contribution in [0, 0.1) is 0 Å². The van der Waals surface area contributed by atoms with Crippen molar-refractivity contribution in [3.63, 3.8) is 0 Å². The standard InChI is InChI=1S/C14H18N2O4/c1-9(12(18)19)15-13(20)14(2,3)16-11(17)10-7-5-4-6-8-10/h4-9H,1-3H3,(H,15,20)(H,16,17)(H,18,19)/t9-/m1/s1. The summed E-state index contributed by atoms with van der Waals surface area (Å²) in [6.07, 6.45) is 0. The maximum Gasteiger partial charge on any atom is 0.325 e. The molecular weight excluding hydrogens is 260 g/mol. The number of amides is 2. The summed E-state index contributed by atoms with van der Waals surface area (Å²) in [5, 5.41) is 13.7. The van der Waals surface area contributed by atoms with Crippen molar-refractivity contribution in [3.8, 4) is 0 Å². The fraction of sp³-hybridized carbons (Fsp3) is 0.357. The summed E-state index contributed by atoms with van der Waals surface area (Å²) in [6, 6.07) is 7.45. The van der Waals surface area contributed by atoms with Crippen LogP contribution >= 0.6 is 0 Å². The lowest BCUT2D eigenvalue weighted by atomic mass is 10.0. The number of carbonyl (C=O) groups is 3. The van der Waals surface area contributed by atoms with E-state index in [2.05, 4.69) is 10.6 Å². The third-order valence-corrected chi connectivity index (χ3v) is 2.75. The number of nitrogens with one attached hydrogen (secondary N) is 2. The van der Waals surface area contributed by atoms with Gasteiger partial charge >= 0.3 is 5.97 Å². The first kappa shape index (κ1) is 15.7. The molecule has 0 aliphatic rings. The van der Waals surface area contributed by atoms with Crippen LogP contribution in [0.15, 0.2) is 30.3 Å². The molecule has 6 heteroatoms. The summed E-state index contributed by atoms with van der Waals surface area (Å²) in [4.78, 5) is 34.6. The summed E-state index contributed by atoms with van der Waals surface area (Å²) in [5.74, 6) is -2.09. The highest BCUT2D eigenvalue weighted by atomic mass is 16.4. The molecule has 1 aromatic carbocycles. The van der Waals surface area contributed by atoms with Crippen molar-refractivity contribution in [1.82, 2.24) is 10.6 Å². The molecule has 0 heterocycles. The number of hydrogen-bond donors (Lipinski definition) is 3. The van der Waals surface area contributed by atoms with E-state index >= 15 is 0 Å². The molecule has 0 radical (unpaired) electrons. The van der Waals surface area contributed by atoms with E-state index < -0.39 is 29.4 Å². The van der Waals surface area contributed by atoms with Crippen LogP contribution in [0.25, 0.3) is 0 Å². The van der Waals surface area contributed by atoms with Crippen molar-refractivity contribution in [3.05, 3.63) is 35.9 Å². The molecule has 6 nitrogen and oxygen atoms in total. The van der Waals surface area contributed by atoms with Gasteiger partial charge in [-0.15, -0.1) is 0 Å². The zero-order valence-electron chi connectivity index (χ0n) is 11.6. The Morgan fingerprint density at radius 2 is 1.70 bits per heavy atom. The van der Waals surface area contributed by atoms with Gasteiger partial charge in [-0.2, -0.15) is 0 Å². The van der Waals surface area contributed by atoms with E-state index in [1.165, 1.54) is 20.8 Å². The molecule has 1 rings (SSSR count). The fourth-order valence-corrected chi connectivity index (χ4v) is 1.44. The van der Waals surface area contributed by atoms with Gasteiger partial charge in [0.2, 0.25) is 5.91 Å². The summed E-state index contributed by atoms with van der Waals surface area (Å²) >= 11 is 0. The van der Waals surface area contributed by atoms with Gasteiger partial charge in [0.1, 0.15) is 11.6 Å². The van der Waals surface area contributed by atoms with Crippen LogP contribution in [0.2, 0.25) is 0 Å². The topological polar surface area (TPSA) is 95.5 Å². The molecule has 0 saturated heterocycles. The number of benzene rings is 1. The minimum atomic E-state index is -1.21. The lowest BCUT2D eigenvalue weighted by molar-refractivity contribution is -0.142. The van der Waals surface area contributed by atoms with E-state index in [4.69, 9.17) is 5.11 Å². The van der Waals surface area contributed by atoms with Gasteiger partial charge < -0.3 is 15.7 Å². The summed E-state index contributed by atoms with van der Waals surface area (Å²) < 4.78 is 0. The second kappa shape index (κ2) is 6.18. The molecule has 0 aromatic heterocycles. The predicted octanol–water partition coefficient (Wildman–Crippen LogP) is 0.784. The van der Waals surface area contributed by atoms with Gasteiger partial charge in [-0.25, -0.2) is 0 Å². The Kier molecular flexibility index (Phi) is 4.85. The van der Waals surface area contributed by atoms with E-state index in [0.29, 0.717) is 5.56 Å². The fourth-order valence-electron chi connectivity index (χ4n) is 1.44. The molecule has 108 valence electrons. The Balaban J connectivity index is 2.72. The minimum Gasteiger partial charge on any atom is -0.480 e. The van der Waals surface area contributed by atoms with Crippen LogP contribution < -0.4 is 10.6 Å². The zero-order valence-corrected chi connectivity index (χ0v) is 11.6. The Morgan fingerprint density at radius 3 is 2.20 bits per heavy atom. The highest BCUT2D eigenvalue weighted by molar-refractivity contribution is 5.99. The molecule has 1 atom stereocenters. The second-order valence-electron chi connectivity index (χ2n) is 4.98. The van der Waals surface area contributed by atoms with Gasteiger partial charge in [0, 0.05) is 5.56 Å². The molecule has 0 fully saturated rings. The maximum absolute atomic E-state index is 12.0. The van der Waals surface area contributed by atoms with E-state index in [1.807, 2.05) is 0 Å². The van der Waals surface area contributed by atoms with Crippen LogP contribution in [0.4, 0.5) is 0 Å². The zero-order chi connectivity index (χ0) is 15.3. The van der Waals surface area contributed by atoms with E-state index in [1.54, 1.807) is 30.3 Å². The highest BCUT2D eigenvalue weighted by Gasteiger charge is 2.31. The largest absolute Gasteiger partial charge is 0.480 e. The average molecular weight is 278 g/mol. The van der Waals surface area contributed by atoms with Crippen LogP contribution in [0.5, 0.6) is 0 Å². The quantitative estimate of drug-likeness (QED) is 0.741. The molecule has 0 bridgehead atoms. The van der Waals surface area contributed by atoms with Crippen molar-refractivity contribution in [2.75, 3.05) is 0 Å². The lowest BCUT2D eigenvalue weighted by Gasteiger charge is -2.26. The van der Waals surface area contributed by atoms with Gasteiger partial charge in [-0.3, -0.25) is 14.4 Å². The smallest absolute Gasteiger partial charge is 0.325 e. The third kappa shape index (κ3) is 4.08. The molecule has 3 N–H and O–H groups in total. The number of rotatable bonds is 5. The number of carboxylic acids is 1. The van der Waals surface area contributed by atoms with Crippen LogP contribution in [-0.2, 0) is 9.59 Å². The number of carboxylic acid groups (broad SMARTS) is 1. The molecule has 0 aliphatic heterocycles. The van der Waals surface area contributed by atoms with Crippen molar-refractivity contribution in [1.29, 1.82) is 0 Å². The first-order valence-corrected chi connectivity index (χ1v) is 6.15. The van der Waals surface area contributed by atoms with Gasteiger partial charge in [0.15, 0.2) is 0 Å². The number of carbonyl (C=O) groups excluding carboxylic acids is 2. The monoisotopic (exact) mass is 278 g/mol. The van der Waals surface area contributed by atoms with Gasteiger partial charge in [0.25, 0.3) is 5.91 Å². The van der Waals surface area contributed by atoms with Crippen LogP contribution in [0.1, 0.15) is 31.1 Å². The van der Waals surface area contributed by atoms with Gasteiger partial charge in [-0.1, -0.05) is 18.2 Å². The Bertz CT molecular complexity index is 511. The lowest BCUT2D eigenvalue weighted by Crippen LogP contribution is -2.57. The first-order chi connectivity index (χ1) is 9.24. The first-order valence-electron chi connectivity index (χ1n) is 6.15. The summed E-state index contributed by atoms with van der Waals surface area (Å²) in [5.41, 5.74) is -0.781. The maximum atomic E-state index is 12.0. The normalized spacial score (nSPS) is 12.3. The Labute approximate surface area is 117 Å². The van der Waals surface area contributed by atoms with Gasteiger partial charge in [0.05, 0.1) is 0 Å². The second-order valence-corrected chi connectivity index (χ2v) is 4.98. The molecule has 0 aliphatic carbocycles. The molecule has 0 unspecified atom stereocenters. The molecule has 1 aromatic rings. The number of hydrogen-bond acceptors (Lipinski definition) is 3. The van der Waals surface area contributed by atoms with E-state index in [9.17, 15) is 14.4 Å². The highest BCUT2D eigenvalue weighted by Crippen LogP contribution is 2.06. The van der Waals surface area contributed by atoms with E-state index in [0.717, 1.165) is 0 Å². The van der Waals surface area contributed by atoms with Crippen molar-refractivity contribution in [2.24, 2.45) is 0 Å². The van der Waals surface area contributed by atoms with Gasteiger partial charge in [-0.05, 0) is 32.9 Å². The average Bonchev–Trinajstić information content (AvgIpc) is 2.38. The third-order valence-electron chi connectivity index (χ3n) is 2.75. The summed E-state index contributed by atoms with van der Waals surface area (Å²) in [7, 11) is 0. The van der Waals surface area contributed by atoms with Crippen molar-refractivity contribution < 1.29 is 19.5 Å². The predicted molar refractivity (Wildman–Crippen MR) is 73.2 cm³/mol. The Morgan fingerprint density at radius 1 is 1.15 bits per heavy atom. The minimum absolute atomic E-state index is 0.395. The molecule has 0 spiro atoms. The SMILES string of the molecule is C[C@@H](NC(=O)C(C)(C)NC(=O)c1ccccc1)C(=O)O. The molecule has 20 heavy (non-hydrogen) atoms. The molecule has 2 amide bonds. The Hall–Kier alpha value is -2.37. The molecular formula is C14H18N2O4. The van der Waals surface area contributed by atoms with Crippen LogP contribution in [-0.4, -0.2) is 34.5 Å². The molecule has 0 saturated carbocycles. The number of aliphatic carboxylic acids is 1.